The number of aliphatic hydroxyl groups is 8. The highest BCUT2D eigenvalue weighted by Crippen LogP contribution is 2.25. The fourth-order valence-corrected chi connectivity index (χ4v) is 4.86. The van der Waals surface area contributed by atoms with Crippen molar-refractivity contribution >= 4 is 10.9 Å². The fourth-order valence-electron chi connectivity index (χ4n) is 2.17. The lowest BCUT2D eigenvalue weighted by Crippen LogP contribution is -2.49. The van der Waals surface area contributed by atoms with Crippen molar-refractivity contribution in [1.82, 2.24) is 0 Å². The average Bonchev–Trinajstić information content (AvgIpc) is 2.70. The van der Waals surface area contributed by atoms with Crippen LogP contribution < -0.4 is 0 Å². The van der Waals surface area contributed by atoms with Crippen LogP contribution in [0.3, 0.4) is 0 Å². The topological polar surface area (TPSA) is 162 Å². The molecule has 0 radical (unpaired) electrons. The van der Waals surface area contributed by atoms with Gasteiger partial charge >= 0.3 is 0 Å². The van der Waals surface area contributed by atoms with Crippen molar-refractivity contribution in [3.05, 3.63) is 0 Å². The highest BCUT2D eigenvalue weighted by atomic mass is 32.2. The SMILES string of the molecule is OC[C@@H](O)[C@@H](O)[C@H](O)[C@H](O)C[S+]1C[C@@H](O)[C@H](O)[C@H]1CO. The van der Waals surface area contributed by atoms with Crippen LogP contribution in [0.1, 0.15) is 0 Å². The van der Waals surface area contributed by atoms with Crippen LogP contribution in [0, 0.1) is 0 Å². The zero-order valence-corrected chi connectivity index (χ0v) is 11.7. The van der Waals surface area contributed by atoms with Gasteiger partial charge in [0.25, 0.3) is 0 Å². The zero-order valence-electron chi connectivity index (χ0n) is 10.9. The van der Waals surface area contributed by atoms with Gasteiger partial charge in [-0.3, -0.25) is 0 Å². The minimum absolute atomic E-state index is 0.0320. The van der Waals surface area contributed by atoms with Crippen molar-refractivity contribution in [2.45, 2.75) is 41.9 Å². The predicted molar refractivity (Wildman–Crippen MR) is 71.1 cm³/mol. The normalized spacial score (nSPS) is 36.6. The summed E-state index contributed by atoms with van der Waals surface area (Å²) in [6.45, 7) is -1.11. The molecule has 1 rings (SSSR count). The molecular weight excluding hydrogens is 292 g/mol. The molecule has 0 bridgehead atoms. The molecule has 0 spiro atoms. The van der Waals surface area contributed by atoms with E-state index in [0.29, 0.717) is 0 Å². The Kier molecular flexibility index (Phi) is 7.12. The molecule has 20 heavy (non-hydrogen) atoms. The second-order valence-corrected chi connectivity index (χ2v) is 7.30. The van der Waals surface area contributed by atoms with Crippen LogP contribution in [0.2, 0.25) is 0 Å². The first-order chi connectivity index (χ1) is 9.33. The Balaban J connectivity index is 2.59. The summed E-state index contributed by atoms with van der Waals surface area (Å²) in [4.78, 5) is 0. The summed E-state index contributed by atoms with van der Waals surface area (Å²) in [5, 5.41) is 74.7. The van der Waals surface area contributed by atoms with E-state index < -0.39 is 59.4 Å². The van der Waals surface area contributed by atoms with Gasteiger partial charge in [0, 0.05) is 10.9 Å². The second kappa shape index (κ2) is 7.87. The standard InChI is InChI=1S/C11H23O8S/c12-1-5(14)10(18)11(19)7(16)4-20-3-6(15)9(17)8(20)2-13/h5-19H,1-4H2/q+1/t5-,6-,7-,8-,9+,10-,11-,20?/m1/s1. The van der Waals surface area contributed by atoms with Crippen molar-refractivity contribution in [3.8, 4) is 0 Å². The Labute approximate surface area is 119 Å². The van der Waals surface area contributed by atoms with Gasteiger partial charge in [-0.1, -0.05) is 0 Å². The summed E-state index contributed by atoms with van der Waals surface area (Å²) in [7, 11) is -0.723. The van der Waals surface area contributed by atoms with Crippen LogP contribution in [-0.2, 0) is 10.9 Å². The average molecular weight is 315 g/mol. The number of hydrogen-bond donors (Lipinski definition) is 8. The van der Waals surface area contributed by atoms with Crippen molar-refractivity contribution in [2.24, 2.45) is 0 Å². The molecule has 9 heteroatoms. The first-order valence-electron chi connectivity index (χ1n) is 6.29. The summed E-state index contributed by atoms with van der Waals surface area (Å²) in [6.07, 6.45) is -8.42. The largest absolute Gasteiger partial charge is 0.394 e. The smallest absolute Gasteiger partial charge is 0.169 e. The lowest BCUT2D eigenvalue weighted by Gasteiger charge is -2.25. The van der Waals surface area contributed by atoms with E-state index in [0.717, 1.165) is 0 Å². The summed E-state index contributed by atoms with van der Waals surface area (Å²) in [5.74, 6) is 0.157. The van der Waals surface area contributed by atoms with Crippen LogP contribution in [0.4, 0.5) is 0 Å². The van der Waals surface area contributed by atoms with Gasteiger partial charge in [-0.15, -0.1) is 0 Å². The van der Waals surface area contributed by atoms with Crippen molar-refractivity contribution in [1.29, 1.82) is 0 Å². The highest BCUT2D eigenvalue weighted by molar-refractivity contribution is 7.97. The summed E-state index contributed by atoms with van der Waals surface area (Å²) >= 11 is 0. The molecule has 8 N–H and O–H groups in total. The van der Waals surface area contributed by atoms with Gasteiger partial charge in [-0.05, 0) is 0 Å². The van der Waals surface area contributed by atoms with Crippen LogP contribution >= 0.6 is 0 Å². The monoisotopic (exact) mass is 315 g/mol. The molecular formula is C11H23O8S+. The molecule has 1 fully saturated rings. The molecule has 0 aliphatic carbocycles. The molecule has 8 nitrogen and oxygen atoms in total. The first-order valence-corrected chi connectivity index (χ1v) is 7.92. The number of aliphatic hydroxyl groups excluding tert-OH is 8. The third-order valence-electron chi connectivity index (χ3n) is 3.48. The van der Waals surface area contributed by atoms with E-state index in [-0.39, 0.29) is 18.1 Å². The summed E-state index contributed by atoms with van der Waals surface area (Å²) < 4.78 is 0. The van der Waals surface area contributed by atoms with E-state index in [1.807, 2.05) is 0 Å². The van der Waals surface area contributed by atoms with Crippen LogP contribution in [-0.4, -0.2) is 107 Å². The van der Waals surface area contributed by atoms with E-state index in [9.17, 15) is 35.7 Å². The predicted octanol–water partition coefficient (Wildman–Crippen LogP) is -4.86. The Morgan fingerprint density at radius 3 is 2.00 bits per heavy atom. The van der Waals surface area contributed by atoms with Gasteiger partial charge in [-0.25, -0.2) is 0 Å². The molecule has 0 saturated carbocycles. The maximum Gasteiger partial charge on any atom is 0.169 e. The van der Waals surface area contributed by atoms with Gasteiger partial charge in [0.2, 0.25) is 0 Å². The lowest BCUT2D eigenvalue weighted by molar-refractivity contribution is -0.109. The Morgan fingerprint density at radius 1 is 0.950 bits per heavy atom. The van der Waals surface area contributed by atoms with Gasteiger partial charge < -0.3 is 40.9 Å². The molecule has 1 saturated heterocycles. The van der Waals surface area contributed by atoms with Crippen LogP contribution in [0.25, 0.3) is 0 Å². The number of hydrogen-bond acceptors (Lipinski definition) is 8. The van der Waals surface area contributed by atoms with E-state index in [4.69, 9.17) is 5.11 Å². The zero-order chi connectivity index (χ0) is 15.4. The fraction of sp³-hybridized carbons (Fsp3) is 1.00. The second-order valence-electron chi connectivity index (χ2n) is 4.95. The molecule has 8 atom stereocenters. The molecule has 1 aliphatic heterocycles. The first kappa shape index (κ1) is 18.1. The van der Waals surface area contributed by atoms with Crippen LogP contribution in [0.15, 0.2) is 0 Å². The molecule has 0 amide bonds. The molecule has 120 valence electrons. The quantitative estimate of drug-likeness (QED) is 0.217. The summed E-state index contributed by atoms with van der Waals surface area (Å²) in [5.41, 5.74) is 0. The van der Waals surface area contributed by atoms with Gasteiger partial charge in [-0.2, -0.15) is 0 Å². The van der Waals surface area contributed by atoms with Crippen molar-refractivity contribution in [2.75, 3.05) is 24.7 Å². The molecule has 0 aromatic heterocycles. The maximum atomic E-state index is 9.84. The van der Waals surface area contributed by atoms with E-state index >= 15 is 0 Å². The maximum absolute atomic E-state index is 9.84. The van der Waals surface area contributed by atoms with Crippen LogP contribution in [0.5, 0.6) is 0 Å². The molecule has 0 aromatic rings. The Bertz CT molecular complexity index is 294. The summed E-state index contributed by atoms with van der Waals surface area (Å²) in [6, 6.07) is 0. The Morgan fingerprint density at radius 2 is 1.50 bits per heavy atom. The highest BCUT2D eigenvalue weighted by Gasteiger charge is 2.50. The van der Waals surface area contributed by atoms with E-state index in [1.54, 1.807) is 0 Å². The van der Waals surface area contributed by atoms with E-state index in [1.165, 1.54) is 0 Å². The Hall–Kier alpha value is 0.0300. The number of rotatable bonds is 7. The van der Waals surface area contributed by atoms with Crippen molar-refractivity contribution < 1.29 is 40.9 Å². The molecule has 1 heterocycles. The molecule has 1 aliphatic rings. The van der Waals surface area contributed by atoms with Gasteiger partial charge in [0.05, 0.1) is 13.2 Å². The van der Waals surface area contributed by atoms with Crippen molar-refractivity contribution in [3.63, 3.8) is 0 Å². The third kappa shape index (κ3) is 4.03. The lowest BCUT2D eigenvalue weighted by atomic mass is 10.0. The van der Waals surface area contributed by atoms with Gasteiger partial charge in [0.15, 0.2) is 5.25 Å². The van der Waals surface area contributed by atoms with Gasteiger partial charge in [0.1, 0.15) is 48.1 Å². The van der Waals surface area contributed by atoms with E-state index in [2.05, 4.69) is 0 Å². The third-order valence-corrected chi connectivity index (χ3v) is 6.30. The minimum atomic E-state index is -1.70. The minimum Gasteiger partial charge on any atom is -0.394 e. The molecule has 0 aromatic carbocycles. The molecule has 1 unspecified atom stereocenters.